The number of hydrogen-bond donors (Lipinski definition) is 2. The first-order valence-corrected chi connectivity index (χ1v) is 5.14. The normalized spacial score (nSPS) is 27.2. The summed E-state index contributed by atoms with van der Waals surface area (Å²) in [6.45, 7) is 0. The summed E-state index contributed by atoms with van der Waals surface area (Å²) in [7, 11) is 0. The Hall–Kier alpha value is -1.16. The highest BCUT2D eigenvalue weighted by Gasteiger charge is 2.18. The van der Waals surface area contributed by atoms with E-state index in [1.54, 1.807) is 12.4 Å². The number of nitrogens with two attached hydrogens (primary N) is 1. The Balaban J connectivity index is 1.87. The second-order valence-electron chi connectivity index (χ2n) is 3.83. The zero-order valence-corrected chi connectivity index (χ0v) is 8.19. The Kier molecular flexibility index (Phi) is 2.93. The van der Waals surface area contributed by atoms with Crippen molar-refractivity contribution in [3.8, 4) is 0 Å². The summed E-state index contributed by atoms with van der Waals surface area (Å²) in [5.41, 5.74) is 5.83. The first-order chi connectivity index (χ1) is 6.84. The molecule has 4 heteroatoms. The molecular weight excluding hydrogens is 176 g/mol. The Labute approximate surface area is 83.9 Å². The number of nitrogens with one attached hydrogen (secondary N) is 1. The lowest BCUT2D eigenvalue weighted by atomic mass is 9.92. The van der Waals surface area contributed by atoms with Crippen LogP contribution >= 0.6 is 0 Å². The maximum atomic E-state index is 5.83. The molecule has 1 aromatic heterocycles. The van der Waals surface area contributed by atoms with Gasteiger partial charge in [-0.3, -0.25) is 0 Å². The largest absolute Gasteiger partial charge is 0.351 e. The van der Waals surface area contributed by atoms with E-state index in [4.69, 9.17) is 5.73 Å². The van der Waals surface area contributed by atoms with Crippen LogP contribution in [-0.2, 0) is 0 Å². The van der Waals surface area contributed by atoms with Gasteiger partial charge < -0.3 is 11.1 Å². The van der Waals surface area contributed by atoms with Crippen LogP contribution in [0.3, 0.4) is 0 Å². The van der Waals surface area contributed by atoms with E-state index in [1.807, 2.05) is 6.07 Å². The molecule has 0 bridgehead atoms. The minimum atomic E-state index is 0.393. The molecule has 1 fully saturated rings. The lowest BCUT2D eigenvalue weighted by molar-refractivity contribution is 0.410. The summed E-state index contributed by atoms with van der Waals surface area (Å²) in [5.74, 6) is 0.730. The molecule has 0 spiro atoms. The molecule has 4 nitrogen and oxygen atoms in total. The first-order valence-electron chi connectivity index (χ1n) is 5.14. The van der Waals surface area contributed by atoms with E-state index < -0.39 is 0 Å². The fraction of sp³-hybridized carbons (Fsp3) is 0.600. The highest BCUT2D eigenvalue weighted by Crippen LogP contribution is 2.19. The standard InChI is InChI=1S/C10H16N4/c11-8-2-4-9(5-3-8)14-10-12-6-1-7-13-10/h1,6-9H,2-5,11H2,(H,12,13,14). The average molecular weight is 192 g/mol. The maximum Gasteiger partial charge on any atom is 0.222 e. The molecule has 14 heavy (non-hydrogen) atoms. The highest BCUT2D eigenvalue weighted by molar-refractivity contribution is 5.24. The minimum Gasteiger partial charge on any atom is -0.351 e. The van der Waals surface area contributed by atoms with Crippen molar-refractivity contribution in [2.75, 3.05) is 5.32 Å². The van der Waals surface area contributed by atoms with E-state index in [2.05, 4.69) is 15.3 Å². The van der Waals surface area contributed by atoms with Crippen molar-refractivity contribution in [2.45, 2.75) is 37.8 Å². The van der Waals surface area contributed by atoms with Crippen LogP contribution in [0.2, 0.25) is 0 Å². The second-order valence-corrected chi connectivity index (χ2v) is 3.83. The lowest BCUT2D eigenvalue weighted by Gasteiger charge is -2.26. The van der Waals surface area contributed by atoms with Gasteiger partial charge in [0.25, 0.3) is 0 Å². The van der Waals surface area contributed by atoms with Crippen LogP contribution < -0.4 is 11.1 Å². The van der Waals surface area contributed by atoms with Crippen molar-refractivity contribution in [3.63, 3.8) is 0 Å². The van der Waals surface area contributed by atoms with Crippen LogP contribution in [-0.4, -0.2) is 22.1 Å². The van der Waals surface area contributed by atoms with Crippen molar-refractivity contribution in [3.05, 3.63) is 18.5 Å². The Morgan fingerprint density at radius 1 is 1.14 bits per heavy atom. The minimum absolute atomic E-state index is 0.393. The maximum absolute atomic E-state index is 5.83. The van der Waals surface area contributed by atoms with Gasteiger partial charge in [-0.1, -0.05) is 0 Å². The Morgan fingerprint density at radius 3 is 2.43 bits per heavy atom. The van der Waals surface area contributed by atoms with Crippen LogP contribution in [0.15, 0.2) is 18.5 Å². The van der Waals surface area contributed by atoms with Gasteiger partial charge in [-0.15, -0.1) is 0 Å². The van der Waals surface area contributed by atoms with Gasteiger partial charge >= 0.3 is 0 Å². The Bertz CT molecular complexity index is 267. The van der Waals surface area contributed by atoms with Gasteiger partial charge in [0.2, 0.25) is 5.95 Å². The molecule has 0 radical (unpaired) electrons. The molecule has 0 atom stereocenters. The van der Waals surface area contributed by atoms with Gasteiger partial charge in [0.1, 0.15) is 0 Å². The summed E-state index contributed by atoms with van der Waals surface area (Å²) in [6, 6.07) is 2.71. The predicted molar refractivity (Wildman–Crippen MR) is 55.9 cm³/mol. The van der Waals surface area contributed by atoms with E-state index in [1.165, 1.54) is 0 Å². The quantitative estimate of drug-likeness (QED) is 0.738. The number of anilines is 1. The molecule has 0 aromatic carbocycles. The van der Waals surface area contributed by atoms with Crippen LogP contribution in [0, 0.1) is 0 Å². The molecule has 1 aromatic rings. The van der Waals surface area contributed by atoms with E-state index in [-0.39, 0.29) is 0 Å². The first kappa shape index (κ1) is 9.40. The third kappa shape index (κ3) is 2.42. The smallest absolute Gasteiger partial charge is 0.222 e. The average Bonchev–Trinajstić information content (AvgIpc) is 2.23. The number of hydrogen-bond acceptors (Lipinski definition) is 4. The summed E-state index contributed by atoms with van der Waals surface area (Å²) in [6.07, 6.45) is 7.96. The molecule has 76 valence electrons. The van der Waals surface area contributed by atoms with Gasteiger partial charge in [-0.05, 0) is 31.7 Å². The SMILES string of the molecule is NC1CCC(Nc2ncccn2)CC1. The summed E-state index contributed by atoms with van der Waals surface area (Å²) in [5, 5.41) is 3.32. The third-order valence-corrected chi connectivity index (χ3v) is 2.67. The molecule has 3 N–H and O–H groups in total. The molecule has 1 aliphatic carbocycles. The molecule has 2 rings (SSSR count). The van der Waals surface area contributed by atoms with Crippen LogP contribution in [0.4, 0.5) is 5.95 Å². The zero-order valence-electron chi connectivity index (χ0n) is 8.19. The summed E-state index contributed by atoms with van der Waals surface area (Å²) >= 11 is 0. The zero-order chi connectivity index (χ0) is 9.80. The van der Waals surface area contributed by atoms with Crippen molar-refractivity contribution >= 4 is 5.95 Å². The second kappa shape index (κ2) is 4.37. The summed E-state index contributed by atoms with van der Waals surface area (Å²) in [4.78, 5) is 8.28. The molecular formula is C10H16N4. The van der Waals surface area contributed by atoms with Crippen molar-refractivity contribution < 1.29 is 0 Å². The van der Waals surface area contributed by atoms with Gasteiger partial charge in [0, 0.05) is 24.5 Å². The molecule has 0 saturated heterocycles. The monoisotopic (exact) mass is 192 g/mol. The van der Waals surface area contributed by atoms with Crippen LogP contribution in [0.5, 0.6) is 0 Å². The van der Waals surface area contributed by atoms with E-state index in [0.29, 0.717) is 12.1 Å². The topological polar surface area (TPSA) is 63.8 Å². The van der Waals surface area contributed by atoms with Crippen molar-refractivity contribution in [2.24, 2.45) is 5.73 Å². The number of aromatic nitrogens is 2. The highest BCUT2D eigenvalue weighted by atomic mass is 15.1. The van der Waals surface area contributed by atoms with Gasteiger partial charge in [0.05, 0.1) is 0 Å². The third-order valence-electron chi connectivity index (χ3n) is 2.67. The van der Waals surface area contributed by atoms with Crippen molar-refractivity contribution in [1.82, 2.24) is 9.97 Å². The summed E-state index contributed by atoms with van der Waals surface area (Å²) < 4.78 is 0. The van der Waals surface area contributed by atoms with E-state index in [9.17, 15) is 0 Å². The fourth-order valence-corrected chi connectivity index (χ4v) is 1.82. The molecule has 0 aliphatic heterocycles. The van der Waals surface area contributed by atoms with E-state index >= 15 is 0 Å². The van der Waals surface area contributed by atoms with Gasteiger partial charge in [-0.25, -0.2) is 9.97 Å². The van der Waals surface area contributed by atoms with Gasteiger partial charge in [-0.2, -0.15) is 0 Å². The molecule has 0 amide bonds. The van der Waals surface area contributed by atoms with Crippen LogP contribution in [0.1, 0.15) is 25.7 Å². The molecule has 1 aliphatic rings. The fourth-order valence-electron chi connectivity index (χ4n) is 1.82. The molecule has 0 unspecified atom stereocenters. The lowest BCUT2D eigenvalue weighted by Crippen LogP contribution is -2.33. The molecule has 1 saturated carbocycles. The number of nitrogens with zero attached hydrogens (tertiary/aromatic N) is 2. The molecule has 1 heterocycles. The van der Waals surface area contributed by atoms with E-state index in [0.717, 1.165) is 31.6 Å². The van der Waals surface area contributed by atoms with Gasteiger partial charge in [0.15, 0.2) is 0 Å². The van der Waals surface area contributed by atoms with Crippen molar-refractivity contribution in [1.29, 1.82) is 0 Å². The Morgan fingerprint density at radius 2 is 1.79 bits per heavy atom. The van der Waals surface area contributed by atoms with Crippen LogP contribution in [0.25, 0.3) is 0 Å². The predicted octanol–water partition coefficient (Wildman–Crippen LogP) is 1.16. The number of rotatable bonds is 2.